The van der Waals surface area contributed by atoms with Gasteiger partial charge in [0.15, 0.2) is 0 Å². The number of nitrogens with zero attached hydrogens (tertiary/aromatic N) is 1. The molecule has 0 radical (unpaired) electrons. The topological polar surface area (TPSA) is 39.2 Å². The van der Waals surface area contributed by atoms with Gasteiger partial charge in [-0.1, -0.05) is 19.9 Å². The summed E-state index contributed by atoms with van der Waals surface area (Å²) in [4.78, 5) is 15.2. The molecule has 0 aliphatic heterocycles. The van der Waals surface area contributed by atoms with E-state index in [1.165, 1.54) is 0 Å². The molecule has 15 heavy (non-hydrogen) atoms. The van der Waals surface area contributed by atoms with Crippen molar-refractivity contribution in [1.29, 1.82) is 0 Å². The summed E-state index contributed by atoms with van der Waals surface area (Å²) in [6.45, 7) is 4.51. The number of rotatable bonds is 5. The third-order valence-corrected chi connectivity index (χ3v) is 2.05. The van der Waals surface area contributed by atoms with Crippen molar-refractivity contribution in [2.45, 2.75) is 33.3 Å². The number of aromatic nitrogens is 1. The maximum Gasteiger partial charge on any atom is 0.306 e. The van der Waals surface area contributed by atoms with Crippen LogP contribution in [0.4, 0.5) is 0 Å². The molecule has 3 nitrogen and oxygen atoms in total. The van der Waals surface area contributed by atoms with Crippen LogP contribution in [0.3, 0.4) is 0 Å². The van der Waals surface area contributed by atoms with Gasteiger partial charge in [0.2, 0.25) is 0 Å². The fourth-order valence-electron chi connectivity index (χ4n) is 1.13. The van der Waals surface area contributed by atoms with Crippen molar-refractivity contribution in [3.05, 3.63) is 30.1 Å². The average molecular weight is 207 g/mol. The molecule has 0 aliphatic rings. The van der Waals surface area contributed by atoms with Gasteiger partial charge in [-0.2, -0.15) is 0 Å². The van der Waals surface area contributed by atoms with Crippen molar-refractivity contribution in [2.24, 2.45) is 5.92 Å². The van der Waals surface area contributed by atoms with E-state index in [1.54, 1.807) is 12.4 Å². The Morgan fingerprint density at radius 1 is 1.53 bits per heavy atom. The van der Waals surface area contributed by atoms with E-state index >= 15 is 0 Å². The van der Waals surface area contributed by atoms with E-state index in [4.69, 9.17) is 4.74 Å². The van der Waals surface area contributed by atoms with E-state index < -0.39 is 0 Å². The summed E-state index contributed by atoms with van der Waals surface area (Å²) in [5, 5.41) is 0. The van der Waals surface area contributed by atoms with E-state index in [0.29, 0.717) is 18.9 Å². The molecule has 0 amide bonds. The number of hydrogen-bond donors (Lipinski definition) is 0. The first kappa shape index (κ1) is 11.7. The smallest absolute Gasteiger partial charge is 0.306 e. The second-order valence-electron chi connectivity index (χ2n) is 3.95. The Bertz CT molecular complexity index is 296. The molecule has 0 bridgehead atoms. The first-order valence-corrected chi connectivity index (χ1v) is 5.23. The lowest BCUT2D eigenvalue weighted by Gasteiger charge is -2.05. The normalized spacial score (nSPS) is 10.3. The Balaban J connectivity index is 2.23. The van der Waals surface area contributed by atoms with Gasteiger partial charge in [0, 0.05) is 24.4 Å². The van der Waals surface area contributed by atoms with Gasteiger partial charge in [0.1, 0.15) is 6.61 Å². The first-order chi connectivity index (χ1) is 7.18. The number of esters is 1. The fraction of sp³-hybridized carbons (Fsp3) is 0.500. The molecular weight excluding hydrogens is 190 g/mol. The molecular formula is C12H17NO2. The Labute approximate surface area is 90.5 Å². The van der Waals surface area contributed by atoms with Crippen LogP contribution in [0.2, 0.25) is 0 Å². The highest BCUT2D eigenvalue weighted by molar-refractivity contribution is 5.69. The molecule has 1 aromatic rings. The van der Waals surface area contributed by atoms with Crippen molar-refractivity contribution in [1.82, 2.24) is 4.98 Å². The molecule has 0 aliphatic carbocycles. The van der Waals surface area contributed by atoms with Crippen LogP contribution in [-0.2, 0) is 16.1 Å². The van der Waals surface area contributed by atoms with E-state index in [9.17, 15) is 4.79 Å². The summed E-state index contributed by atoms with van der Waals surface area (Å²) >= 11 is 0. The van der Waals surface area contributed by atoms with Crippen LogP contribution in [-0.4, -0.2) is 11.0 Å². The first-order valence-electron chi connectivity index (χ1n) is 5.23. The van der Waals surface area contributed by atoms with Crippen molar-refractivity contribution in [3.63, 3.8) is 0 Å². The predicted molar refractivity (Wildman–Crippen MR) is 58.1 cm³/mol. The Morgan fingerprint density at radius 2 is 2.33 bits per heavy atom. The summed E-state index contributed by atoms with van der Waals surface area (Å²) < 4.78 is 5.10. The molecule has 0 aromatic carbocycles. The van der Waals surface area contributed by atoms with Gasteiger partial charge in [0.05, 0.1) is 0 Å². The average Bonchev–Trinajstić information content (AvgIpc) is 2.25. The molecule has 0 saturated heterocycles. The number of pyridine rings is 1. The molecule has 1 heterocycles. The van der Waals surface area contributed by atoms with Crippen molar-refractivity contribution < 1.29 is 9.53 Å². The van der Waals surface area contributed by atoms with Crippen LogP contribution in [0, 0.1) is 5.92 Å². The standard InChI is InChI=1S/C12H17NO2/c1-10(2)5-6-12(14)15-9-11-4-3-7-13-8-11/h3-4,7-8,10H,5-6,9H2,1-2H3. The monoisotopic (exact) mass is 207 g/mol. The van der Waals surface area contributed by atoms with Gasteiger partial charge in [-0.05, 0) is 18.4 Å². The molecule has 0 N–H and O–H groups in total. The van der Waals surface area contributed by atoms with E-state index in [1.807, 2.05) is 12.1 Å². The van der Waals surface area contributed by atoms with Gasteiger partial charge in [-0.15, -0.1) is 0 Å². The van der Waals surface area contributed by atoms with Crippen LogP contribution in [0.25, 0.3) is 0 Å². The van der Waals surface area contributed by atoms with Gasteiger partial charge >= 0.3 is 5.97 Å². The van der Waals surface area contributed by atoms with Crippen LogP contribution in [0.5, 0.6) is 0 Å². The molecule has 1 rings (SSSR count). The van der Waals surface area contributed by atoms with Crippen molar-refractivity contribution in [2.75, 3.05) is 0 Å². The summed E-state index contributed by atoms with van der Waals surface area (Å²) in [7, 11) is 0. The maximum atomic E-state index is 11.3. The molecule has 0 fully saturated rings. The molecule has 0 atom stereocenters. The number of hydrogen-bond acceptors (Lipinski definition) is 3. The highest BCUT2D eigenvalue weighted by atomic mass is 16.5. The number of ether oxygens (including phenoxy) is 1. The van der Waals surface area contributed by atoms with E-state index in [-0.39, 0.29) is 5.97 Å². The molecule has 0 unspecified atom stereocenters. The Hall–Kier alpha value is -1.38. The minimum absolute atomic E-state index is 0.132. The highest BCUT2D eigenvalue weighted by Gasteiger charge is 2.04. The van der Waals surface area contributed by atoms with Crippen molar-refractivity contribution in [3.8, 4) is 0 Å². The van der Waals surface area contributed by atoms with Gasteiger partial charge in [-0.25, -0.2) is 0 Å². The fourth-order valence-corrected chi connectivity index (χ4v) is 1.13. The Morgan fingerprint density at radius 3 is 2.93 bits per heavy atom. The third-order valence-electron chi connectivity index (χ3n) is 2.05. The van der Waals surface area contributed by atoms with E-state index in [2.05, 4.69) is 18.8 Å². The molecule has 1 aromatic heterocycles. The lowest BCUT2D eigenvalue weighted by molar-refractivity contribution is -0.145. The molecule has 0 spiro atoms. The molecule has 0 saturated carbocycles. The van der Waals surface area contributed by atoms with Gasteiger partial charge < -0.3 is 4.74 Å². The summed E-state index contributed by atoms with van der Waals surface area (Å²) in [6, 6.07) is 3.72. The SMILES string of the molecule is CC(C)CCC(=O)OCc1cccnc1. The quantitative estimate of drug-likeness (QED) is 0.696. The lowest BCUT2D eigenvalue weighted by atomic mass is 10.1. The minimum Gasteiger partial charge on any atom is -0.461 e. The number of carbonyl (C=O) groups is 1. The second-order valence-corrected chi connectivity index (χ2v) is 3.95. The minimum atomic E-state index is -0.132. The highest BCUT2D eigenvalue weighted by Crippen LogP contribution is 2.06. The second kappa shape index (κ2) is 6.17. The van der Waals surface area contributed by atoms with Gasteiger partial charge in [-0.3, -0.25) is 9.78 Å². The third kappa shape index (κ3) is 5.15. The summed E-state index contributed by atoms with van der Waals surface area (Å²) in [5.41, 5.74) is 0.926. The lowest BCUT2D eigenvalue weighted by Crippen LogP contribution is -2.05. The molecule has 3 heteroatoms. The zero-order valence-corrected chi connectivity index (χ0v) is 9.27. The van der Waals surface area contributed by atoms with Crippen LogP contribution in [0.1, 0.15) is 32.3 Å². The van der Waals surface area contributed by atoms with Crippen LogP contribution >= 0.6 is 0 Å². The van der Waals surface area contributed by atoms with E-state index in [0.717, 1.165) is 12.0 Å². The van der Waals surface area contributed by atoms with Crippen molar-refractivity contribution >= 4 is 5.97 Å². The largest absolute Gasteiger partial charge is 0.461 e. The maximum absolute atomic E-state index is 11.3. The van der Waals surface area contributed by atoms with Gasteiger partial charge in [0.25, 0.3) is 0 Å². The predicted octanol–water partition coefficient (Wildman–Crippen LogP) is 2.56. The Kier molecular flexibility index (Phi) is 4.81. The van der Waals surface area contributed by atoms with Crippen LogP contribution < -0.4 is 0 Å². The summed E-state index contributed by atoms with van der Waals surface area (Å²) in [6.07, 6.45) is 4.78. The zero-order valence-electron chi connectivity index (χ0n) is 9.27. The zero-order chi connectivity index (χ0) is 11.1. The summed E-state index contributed by atoms with van der Waals surface area (Å²) in [5.74, 6) is 0.406. The number of carbonyl (C=O) groups excluding carboxylic acids is 1. The molecule has 82 valence electrons. The van der Waals surface area contributed by atoms with Crippen LogP contribution in [0.15, 0.2) is 24.5 Å².